The summed E-state index contributed by atoms with van der Waals surface area (Å²) in [4.78, 5) is 2.61. The van der Waals surface area contributed by atoms with Crippen LogP contribution in [-0.4, -0.2) is 36.2 Å². The van der Waals surface area contributed by atoms with E-state index in [9.17, 15) is 0 Å². The average Bonchev–Trinajstić information content (AvgIpc) is 2.86. The molecular weight excluding hydrogens is 162 g/mol. The summed E-state index contributed by atoms with van der Waals surface area (Å²) in [5.74, 6) is 0. The highest BCUT2D eigenvalue weighted by molar-refractivity contribution is 5.07. The van der Waals surface area contributed by atoms with Gasteiger partial charge in [0.25, 0.3) is 0 Å². The number of nitrogens with zero attached hydrogens (tertiary/aromatic N) is 1. The summed E-state index contributed by atoms with van der Waals surface area (Å²) in [6, 6.07) is 0. The molecule has 0 amide bonds. The van der Waals surface area contributed by atoms with Gasteiger partial charge in [0, 0.05) is 26.2 Å². The van der Waals surface area contributed by atoms with Gasteiger partial charge >= 0.3 is 0 Å². The molecule has 0 unspecified atom stereocenters. The standard InChI is InChI=1S/C11H19NO/c13-6-5-10(1-2-10)7-12-8-11(9-12)3-4-11/h13H,1-9H2. The zero-order valence-corrected chi connectivity index (χ0v) is 8.26. The van der Waals surface area contributed by atoms with Crippen LogP contribution in [0.2, 0.25) is 0 Å². The Bertz CT molecular complexity index is 210. The normalized spacial score (nSPS) is 33.0. The van der Waals surface area contributed by atoms with Gasteiger partial charge in [0.15, 0.2) is 0 Å². The Morgan fingerprint density at radius 2 is 1.77 bits per heavy atom. The smallest absolute Gasteiger partial charge is 0.0436 e. The van der Waals surface area contributed by atoms with Gasteiger partial charge in [-0.2, -0.15) is 0 Å². The first-order valence-electron chi connectivity index (χ1n) is 5.59. The van der Waals surface area contributed by atoms with E-state index >= 15 is 0 Å². The molecule has 0 atom stereocenters. The molecule has 2 saturated carbocycles. The summed E-state index contributed by atoms with van der Waals surface area (Å²) in [6.45, 7) is 4.38. The minimum absolute atomic E-state index is 0.388. The molecule has 74 valence electrons. The lowest BCUT2D eigenvalue weighted by Crippen LogP contribution is -2.50. The molecule has 1 N–H and O–H groups in total. The number of rotatable bonds is 4. The van der Waals surface area contributed by atoms with Crippen molar-refractivity contribution in [3.63, 3.8) is 0 Å². The molecule has 2 aliphatic carbocycles. The third-order valence-corrected chi connectivity index (χ3v) is 4.23. The van der Waals surface area contributed by atoms with Crippen molar-refractivity contribution in [2.45, 2.75) is 32.1 Å². The summed E-state index contributed by atoms with van der Waals surface area (Å²) < 4.78 is 0. The van der Waals surface area contributed by atoms with Crippen molar-refractivity contribution in [2.75, 3.05) is 26.2 Å². The maximum atomic E-state index is 8.94. The third kappa shape index (κ3) is 1.40. The fourth-order valence-electron chi connectivity index (χ4n) is 2.88. The minimum atomic E-state index is 0.388. The van der Waals surface area contributed by atoms with Crippen molar-refractivity contribution in [2.24, 2.45) is 10.8 Å². The van der Waals surface area contributed by atoms with Gasteiger partial charge in [-0.15, -0.1) is 0 Å². The van der Waals surface area contributed by atoms with Crippen LogP contribution in [0.4, 0.5) is 0 Å². The molecule has 2 nitrogen and oxygen atoms in total. The lowest BCUT2D eigenvalue weighted by atomic mass is 9.93. The topological polar surface area (TPSA) is 23.5 Å². The van der Waals surface area contributed by atoms with Crippen molar-refractivity contribution in [1.82, 2.24) is 4.90 Å². The van der Waals surface area contributed by atoms with Crippen LogP contribution in [0, 0.1) is 10.8 Å². The lowest BCUT2D eigenvalue weighted by molar-refractivity contribution is 0.0532. The number of hydrogen-bond donors (Lipinski definition) is 1. The predicted octanol–water partition coefficient (Wildman–Crippen LogP) is 1.24. The van der Waals surface area contributed by atoms with Crippen LogP contribution in [0.5, 0.6) is 0 Å². The van der Waals surface area contributed by atoms with Crippen LogP contribution in [0.1, 0.15) is 32.1 Å². The van der Waals surface area contributed by atoms with Gasteiger partial charge < -0.3 is 10.0 Å². The first-order valence-corrected chi connectivity index (χ1v) is 5.59. The summed E-state index contributed by atoms with van der Waals surface area (Å²) in [6.07, 6.45) is 6.72. The van der Waals surface area contributed by atoms with E-state index in [1.807, 2.05) is 0 Å². The predicted molar refractivity (Wildman–Crippen MR) is 51.5 cm³/mol. The van der Waals surface area contributed by atoms with Crippen LogP contribution in [0.3, 0.4) is 0 Å². The molecule has 0 aromatic heterocycles. The molecule has 13 heavy (non-hydrogen) atoms. The van der Waals surface area contributed by atoms with E-state index in [-0.39, 0.29) is 0 Å². The minimum Gasteiger partial charge on any atom is -0.396 e. The van der Waals surface area contributed by atoms with Crippen molar-refractivity contribution < 1.29 is 5.11 Å². The zero-order valence-electron chi connectivity index (χ0n) is 8.26. The number of hydrogen-bond acceptors (Lipinski definition) is 2. The van der Waals surface area contributed by atoms with Crippen molar-refractivity contribution in [1.29, 1.82) is 0 Å². The average molecular weight is 181 g/mol. The van der Waals surface area contributed by atoms with Gasteiger partial charge in [0.05, 0.1) is 0 Å². The summed E-state index contributed by atoms with van der Waals surface area (Å²) in [7, 11) is 0. The van der Waals surface area contributed by atoms with E-state index in [0.29, 0.717) is 12.0 Å². The zero-order chi connectivity index (χ0) is 8.94. The Hall–Kier alpha value is -0.0800. The van der Waals surface area contributed by atoms with Gasteiger partial charge in [0.1, 0.15) is 0 Å². The molecule has 1 saturated heterocycles. The summed E-state index contributed by atoms with van der Waals surface area (Å²) >= 11 is 0. The maximum absolute atomic E-state index is 8.94. The molecule has 3 rings (SSSR count). The molecule has 0 aromatic rings. The number of likely N-dealkylation sites (tertiary alicyclic amines) is 1. The molecule has 2 heteroatoms. The molecule has 3 fully saturated rings. The number of aliphatic hydroxyl groups is 1. The fraction of sp³-hybridized carbons (Fsp3) is 1.00. The van der Waals surface area contributed by atoms with Crippen LogP contribution < -0.4 is 0 Å². The highest BCUT2D eigenvalue weighted by Gasteiger charge is 2.54. The van der Waals surface area contributed by atoms with Crippen LogP contribution >= 0.6 is 0 Å². The second kappa shape index (κ2) is 2.48. The van der Waals surface area contributed by atoms with Gasteiger partial charge in [-0.25, -0.2) is 0 Å². The van der Waals surface area contributed by atoms with Crippen molar-refractivity contribution in [3.05, 3.63) is 0 Å². The first-order chi connectivity index (χ1) is 6.26. The highest BCUT2D eigenvalue weighted by Crippen LogP contribution is 2.56. The van der Waals surface area contributed by atoms with E-state index in [4.69, 9.17) is 5.11 Å². The second-order valence-corrected chi connectivity index (χ2v) is 5.62. The molecule has 1 aliphatic heterocycles. The summed E-state index contributed by atoms with van der Waals surface area (Å²) in [5, 5.41) is 8.94. The molecule has 1 heterocycles. The van der Waals surface area contributed by atoms with Gasteiger partial charge in [0.2, 0.25) is 0 Å². The van der Waals surface area contributed by atoms with Gasteiger partial charge in [-0.3, -0.25) is 0 Å². The van der Waals surface area contributed by atoms with Crippen LogP contribution in [-0.2, 0) is 0 Å². The van der Waals surface area contributed by atoms with E-state index in [0.717, 1.165) is 11.8 Å². The lowest BCUT2D eigenvalue weighted by Gasteiger charge is -2.42. The summed E-state index contributed by atoms with van der Waals surface area (Å²) in [5.41, 5.74) is 1.35. The molecular formula is C11H19NO. The third-order valence-electron chi connectivity index (χ3n) is 4.23. The first kappa shape index (κ1) is 8.25. The second-order valence-electron chi connectivity index (χ2n) is 5.62. The molecule has 1 spiro atoms. The highest BCUT2D eigenvalue weighted by atomic mass is 16.3. The Labute approximate surface area is 79.9 Å². The van der Waals surface area contributed by atoms with Gasteiger partial charge in [-0.05, 0) is 42.9 Å². The van der Waals surface area contributed by atoms with Crippen molar-refractivity contribution in [3.8, 4) is 0 Å². The van der Waals surface area contributed by atoms with E-state index in [2.05, 4.69) is 4.90 Å². The molecule has 0 bridgehead atoms. The maximum Gasteiger partial charge on any atom is 0.0436 e. The monoisotopic (exact) mass is 181 g/mol. The largest absolute Gasteiger partial charge is 0.396 e. The van der Waals surface area contributed by atoms with Crippen molar-refractivity contribution >= 4 is 0 Å². The van der Waals surface area contributed by atoms with Crippen LogP contribution in [0.15, 0.2) is 0 Å². The Balaban J connectivity index is 1.47. The van der Waals surface area contributed by atoms with E-state index < -0.39 is 0 Å². The SMILES string of the molecule is OCCC1(CN2CC3(CC3)C2)CC1. The van der Waals surface area contributed by atoms with E-state index in [1.165, 1.54) is 45.3 Å². The molecule has 0 radical (unpaired) electrons. The Kier molecular flexibility index (Phi) is 1.58. The fourth-order valence-corrected chi connectivity index (χ4v) is 2.88. The van der Waals surface area contributed by atoms with E-state index in [1.54, 1.807) is 0 Å². The Morgan fingerprint density at radius 3 is 2.23 bits per heavy atom. The number of aliphatic hydroxyl groups excluding tert-OH is 1. The van der Waals surface area contributed by atoms with Crippen LogP contribution in [0.25, 0.3) is 0 Å². The molecule has 0 aromatic carbocycles. The quantitative estimate of drug-likeness (QED) is 0.705. The Morgan fingerprint density at radius 1 is 1.08 bits per heavy atom. The molecule has 3 aliphatic rings. The van der Waals surface area contributed by atoms with Gasteiger partial charge in [-0.1, -0.05) is 0 Å².